The number of rotatable bonds is 6. The lowest BCUT2D eigenvalue weighted by Gasteiger charge is -2.32. The fraction of sp³-hybridized carbons (Fsp3) is 0.611. The highest BCUT2D eigenvalue weighted by Crippen LogP contribution is 2.23. The number of carbonyl (C=O) groups is 1. The largest absolute Gasteiger partial charge is 0.496 e. The summed E-state index contributed by atoms with van der Waals surface area (Å²) in [5.74, 6) is 1.44. The van der Waals surface area contributed by atoms with E-state index < -0.39 is 0 Å². The van der Waals surface area contributed by atoms with Crippen LogP contribution in [-0.2, 0) is 16.0 Å². The zero-order valence-corrected chi connectivity index (χ0v) is 13.9. The number of hydrogen-bond donors (Lipinski definition) is 0. The molecule has 22 heavy (non-hydrogen) atoms. The Morgan fingerprint density at radius 3 is 2.86 bits per heavy atom. The molecule has 2 rings (SSSR count). The first-order chi connectivity index (χ1) is 10.6. The summed E-state index contributed by atoms with van der Waals surface area (Å²) in [5, 5.41) is 0. The number of ether oxygens (including phenoxy) is 2. The van der Waals surface area contributed by atoms with Gasteiger partial charge in [-0.05, 0) is 36.8 Å². The van der Waals surface area contributed by atoms with Gasteiger partial charge in [-0.3, -0.25) is 4.79 Å². The van der Waals surface area contributed by atoms with E-state index in [-0.39, 0.29) is 12.0 Å². The van der Waals surface area contributed by atoms with Gasteiger partial charge in [-0.25, -0.2) is 0 Å². The van der Waals surface area contributed by atoms with Gasteiger partial charge in [0, 0.05) is 26.6 Å². The minimum absolute atomic E-state index is 0.197. The first-order valence-corrected chi connectivity index (χ1v) is 8.06. The van der Waals surface area contributed by atoms with Crippen molar-refractivity contribution in [1.29, 1.82) is 0 Å². The van der Waals surface area contributed by atoms with Gasteiger partial charge < -0.3 is 14.4 Å². The van der Waals surface area contributed by atoms with E-state index in [2.05, 4.69) is 13.0 Å². The number of nitrogens with zero attached hydrogens (tertiary/aromatic N) is 1. The molecule has 1 saturated heterocycles. The van der Waals surface area contributed by atoms with Crippen molar-refractivity contribution in [2.45, 2.75) is 38.7 Å². The third-order valence-electron chi connectivity index (χ3n) is 4.35. The predicted octanol–water partition coefficient (Wildman–Crippen LogP) is 2.90. The SMILES string of the molecule is COc1ccccc1CC(C)CC(=O)N1CCCC(OC)C1. The topological polar surface area (TPSA) is 38.8 Å². The summed E-state index contributed by atoms with van der Waals surface area (Å²) in [6.07, 6.45) is 3.72. The van der Waals surface area contributed by atoms with Crippen molar-refractivity contribution < 1.29 is 14.3 Å². The highest BCUT2D eigenvalue weighted by Gasteiger charge is 2.24. The lowest BCUT2D eigenvalue weighted by molar-refractivity contribution is -0.135. The van der Waals surface area contributed by atoms with Crippen LogP contribution in [0.3, 0.4) is 0 Å². The third kappa shape index (κ3) is 4.47. The minimum atomic E-state index is 0.197. The second-order valence-corrected chi connectivity index (χ2v) is 6.16. The molecule has 0 spiro atoms. The van der Waals surface area contributed by atoms with Gasteiger partial charge in [0.1, 0.15) is 5.75 Å². The average molecular weight is 305 g/mol. The number of methoxy groups -OCH3 is 2. The van der Waals surface area contributed by atoms with Gasteiger partial charge in [-0.1, -0.05) is 25.1 Å². The van der Waals surface area contributed by atoms with Crippen molar-refractivity contribution >= 4 is 5.91 Å². The van der Waals surface area contributed by atoms with Gasteiger partial charge in [-0.2, -0.15) is 0 Å². The Morgan fingerprint density at radius 2 is 2.14 bits per heavy atom. The fourth-order valence-electron chi connectivity index (χ4n) is 3.10. The van der Waals surface area contributed by atoms with E-state index in [1.807, 2.05) is 23.1 Å². The van der Waals surface area contributed by atoms with Gasteiger partial charge in [-0.15, -0.1) is 0 Å². The van der Waals surface area contributed by atoms with Gasteiger partial charge in [0.15, 0.2) is 0 Å². The van der Waals surface area contributed by atoms with Crippen LogP contribution in [0.15, 0.2) is 24.3 Å². The average Bonchev–Trinajstić information content (AvgIpc) is 2.55. The van der Waals surface area contributed by atoms with E-state index >= 15 is 0 Å². The standard InChI is InChI=1S/C18H27NO3/c1-14(11-15-7-4-5-9-17(15)22-3)12-18(20)19-10-6-8-16(13-19)21-2/h4-5,7,9,14,16H,6,8,10-13H2,1-3H3. The number of hydrogen-bond acceptors (Lipinski definition) is 3. The first kappa shape index (κ1) is 16.8. The van der Waals surface area contributed by atoms with Crippen LogP contribution >= 0.6 is 0 Å². The second kappa shape index (κ2) is 8.18. The van der Waals surface area contributed by atoms with Gasteiger partial charge >= 0.3 is 0 Å². The van der Waals surface area contributed by atoms with Crippen molar-refractivity contribution in [2.75, 3.05) is 27.3 Å². The molecule has 1 aromatic rings. The maximum atomic E-state index is 12.5. The maximum Gasteiger partial charge on any atom is 0.222 e. The number of benzene rings is 1. The van der Waals surface area contributed by atoms with Crippen LogP contribution < -0.4 is 4.74 Å². The number of para-hydroxylation sites is 1. The molecule has 0 radical (unpaired) electrons. The highest BCUT2D eigenvalue weighted by molar-refractivity contribution is 5.76. The predicted molar refractivity (Wildman–Crippen MR) is 87.1 cm³/mol. The monoisotopic (exact) mass is 305 g/mol. The smallest absolute Gasteiger partial charge is 0.222 e. The fourth-order valence-corrected chi connectivity index (χ4v) is 3.10. The van der Waals surface area contributed by atoms with Gasteiger partial charge in [0.2, 0.25) is 5.91 Å². The summed E-state index contributed by atoms with van der Waals surface area (Å²) >= 11 is 0. The lowest BCUT2D eigenvalue weighted by Crippen LogP contribution is -2.43. The molecule has 2 atom stereocenters. The second-order valence-electron chi connectivity index (χ2n) is 6.16. The Bertz CT molecular complexity index is 489. The highest BCUT2D eigenvalue weighted by atomic mass is 16.5. The molecule has 0 N–H and O–H groups in total. The molecule has 1 aliphatic rings. The summed E-state index contributed by atoms with van der Waals surface area (Å²) in [5.41, 5.74) is 1.17. The van der Waals surface area contributed by atoms with E-state index in [4.69, 9.17) is 9.47 Å². The summed E-state index contributed by atoms with van der Waals surface area (Å²) in [6.45, 7) is 3.72. The Labute approximate surface area is 133 Å². The van der Waals surface area contributed by atoms with Crippen molar-refractivity contribution in [1.82, 2.24) is 4.90 Å². The Hall–Kier alpha value is -1.55. The van der Waals surface area contributed by atoms with Crippen LogP contribution in [0.1, 0.15) is 31.7 Å². The molecule has 1 aromatic carbocycles. The molecule has 0 aliphatic carbocycles. The molecule has 1 amide bonds. The van der Waals surface area contributed by atoms with Gasteiger partial charge in [0.25, 0.3) is 0 Å². The van der Waals surface area contributed by atoms with E-state index in [1.165, 1.54) is 5.56 Å². The van der Waals surface area contributed by atoms with Crippen LogP contribution in [0.4, 0.5) is 0 Å². The Balaban J connectivity index is 1.88. The lowest BCUT2D eigenvalue weighted by atomic mass is 9.96. The Morgan fingerprint density at radius 1 is 1.36 bits per heavy atom. The molecule has 4 heteroatoms. The van der Waals surface area contributed by atoms with Crippen LogP contribution in [0.5, 0.6) is 5.75 Å². The van der Waals surface area contributed by atoms with E-state index in [1.54, 1.807) is 14.2 Å². The quantitative estimate of drug-likeness (QED) is 0.811. The Kier molecular flexibility index (Phi) is 6.25. The van der Waals surface area contributed by atoms with Crippen LogP contribution in [0, 0.1) is 5.92 Å². The molecule has 1 heterocycles. The molecule has 0 bridgehead atoms. The molecular weight excluding hydrogens is 278 g/mol. The number of carbonyl (C=O) groups excluding carboxylic acids is 1. The summed E-state index contributed by atoms with van der Waals surface area (Å²) in [6, 6.07) is 8.02. The normalized spacial score (nSPS) is 19.8. The zero-order valence-electron chi connectivity index (χ0n) is 13.9. The van der Waals surface area contributed by atoms with Crippen molar-refractivity contribution in [3.05, 3.63) is 29.8 Å². The summed E-state index contributed by atoms with van der Waals surface area (Å²) in [7, 11) is 3.41. The zero-order chi connectivity index (χ0) is 15.9. The summed E-state index contributed by atoms with van der Waals surface area (Å²) in [4.78, 5) is 14.4. The number of likely N-dealkylation sites (tertiary alicyclic amines) is 1. The summed E-state index contributed by atoms with van der Waals surface area (Å²) < 4.78 is 10.8. The van der Waals surface area contributed by atoms with E-state index in [9.17, 15) is 4.79 Å². The molecule has 2 unspecified atom stereocenters. The number of amides is 1. The van der Waals surface area contributed by atoms with Crippen molar-refractivity contribution in [3.8, 4) is 5.75 Å². The molecule has 0 aromatic heterocycles. The van der Waals surface area contributed by atoms with E-state index in [0.29, 0.717) is 12.3 Å². The van der Waals surface area contributed by atoms with Crippen LogP contribution in [0.2, 0.25) is 0 Å². The molecule has 122 valence electrons. The van der Waals surface area contributed by atoms with Gasteiger partial charge in [0.05, 0.1) is 13.2 Å². The van der Waals surface area contributed by atoms with Crippen molar-refractivity contribution in [2.24, 2.45) is 5.92 Å². The van der Waals surface area contributed by atoms with E-state index in [0.717, 1.165) is 38.1 Å². The first-order valence-electron chi connectivity index (χ1n) is 8.06. The number of piperidine rings is 1. The third-order valence-corrected chi connectivity index (χ3v) is 4.35. The molecule has 0 saturated carbocycles. The molecule has 1 fully saturated rings. The minimum Gasteiger partial charge on any atom is -0.496 e. The molecular formula is C18H27NO3. The van der Waals surface area contributed by atoms with Crippen molar-refractivity contribution in [3.63, 3.8) is 0 Å². The molecule has 1 aliphatic heterocycles. The maximum absolute atomic E-state index is 12.5. The van der Waals surface area contributed by atoms with Crippen LogP contribution in [0.25, 0.3) is 0 Å². The van der Waals surface area contributed by atoms with Crippen LogP contribution in [-0.4, -0.2) is 44.2 Å². The molecule has 4 nitrogen and oxygen atoms in total.